The monoisotopic (exact) mass is 633 g/mol. The molecule has 0 saturated carbocycles. The second-order valence-corrected chi connectivity index (χ2v) is 12.8. The number of hydrogen-bond acceptors (Lipinski definition) is 5. The highest BCUT2D eigenvalue weighted by Crippen LogP contribution is 2.65. The van der Waals surface area contributed by atoms with Gasteiger partial charge >= 0.3 is 0 Å². The zero-order chi connectivity index (χ0) is 32.4. The molecule has 3 saturated heterocycles. The van der Waals surface area contributed by atoms with E-state index in [2.05, 4.69) is 13.2 Å². The van der Waals surface area contributed by atoms with Gasteiger partial charge in [0, 0.05) is 31.9 Å². The fourth-order valence-electron chi connectivity index (χ4n) is 7.94. The number of fused-ring (bicyclic) bond motifs is 1. The van der Waals surface area contributed by atoms with Crippen molar-refractivity contribution in [2.75, 3.05) is 36.0 Å². The van der Waals surface area contributed by atoms with Crippen molar-refractivity contribution in [1.82, 2.24) is 4.90 Å². The van der Waals surface area contributed by atoms with E-state index in [4.69, 9.17) is 16.3 Å². The SMILES string of the molecule is C=CCN(C(=O)[C@@H]1[C@H]2C(=O)N(CCCCCO)C(C(=O)N(CC=C)c3c(C)cccc3Cl)C23CC[C@@]1(CC)O3)c1ccccc1. The number of halogens is 1. The minimum absolute atomic E-state index is 0.0547. The molecule has 5 rings (SSSR count). The van der Waals surface area contributed by atoms with Gasteiger partial charge in [-0.3, -0.25) is 14.4 Å². The first-order chi connectivity index (χ1) is 21.7. The number of aryl methyl sites for hydroxylation is 1. The Balaban J connectivity index is 1.62. The van der Waals surface area contributed by atoms with E-state index in [0.717, 1.165) is 11.3 Å². The minimum atomic E-state index is -1.17. The number of anilines is 2. The first kappa shape index (κ1) is 32.9. The number of carbonyl (C=O) groups excluding carboxylic acids is 3. The number of nitrogens with zero attached hydrogens (tertiary/aromatic N) is 3. The Morgan fingerprint density at radius 1 is 1.02 bits per heavy atom. The van der Waals surface area contributed by atoms with Crippen LogP contribution >= 0.6 is 11.6 Å². The molecule has 3 fully saturated rings. The molecule has 2 aromatic carbocycles. The van der Waals surface area contributed by atoms with Gasteiger partial charge in [-0.1, -0.05) is 61.0 Å². The molecule has 8 nitrogen and oxygen atoms in total. The minimum Gasteiger partial charge on any atom is -0.396 e. The van der Waals surface area contributed by atoms with E-state index in [1.807, 2.05) is 56.3 Å². The van der Waals surface area contributed by atoms with Crippen LogP contribution in [0.1, 0.15) is 51.0 Å². The Labute approximate surface area is 271 Å². The average Bonchev–Trinajstić information content (AvgIpc) is 3.64. The maximum Gasteiger partial charge on any atom is 0.253 e. The van der Waals surface area contributed by atoms with Crippen LogP contribution in [0.5, 0.6) is 0 Å². The van der Waals surface area contributed by atoms with Gasteiger partial charge in [0.2, 0.25) is 11.8 Å². The Morgan fingerprint density at radius 2 is 1.73 bits per heavy atom. The molecule has 2 aromatic rings. The number of hydrogen-bond donors (Lipinski definition) is 1. The van der Waals surface area contributed by atoms with Crippen LogP contribution in [-0.2, 0) is 19.1 Å². The molecule has 2 bridgehead atoms. The highest BCUT2D eigenvalue weighted by molar-refractivity contribution is 6.34. The standard InChI is InChI=1S/C36H44ClN3O5/c1-5-21-38(26-16-10-8-11-17-26)32(42)28-29-33(43)40(23-12-9-13-24-41)31(36(29)20-19-35(28,7-3)45-36)34(44)39(22-6-2)30-25(4)15-14-18-27(30)37/h5-6,8,10-11,14-18,28-29,31,41H,1-2,7,9,12-13,19-24H2,3-4H3/t28-,29-,31?,35+,36?/m0/s1. The number of para-hydroxylation sites is 2. The summed E-state index contributed by atoms with van der Waals surface area (Å²) in [5, 5.41) is 9.81. The number of aliphatic hydroxyl groups is 1. The summed E-state index contributed by atoms with van der Waals surface area (Å²) in [5.74, 6) is -2.31. The first-order valence-electron chi connectivity index (χ1n) is 16.0. The molecular weight excluding hydrogens is 590 g/mol. The molecule has 3 aliphatic rings. The van der Waals surface area contributed by atoms with E-state index < -0.39 is 29.1 Å². The molecule has 45 heavy (non-hydrogen) atoms. The summed E-state index contributed by atoms with van der Waals surface area (Å²) in [6.07, 6.45) is 6.82. The van der Waals surface area contributed by atoms with Crippen LogP contribution in [0.4, 0.5) is 11.4 Å². The molecule has 1 N–H and O–H groups in total. The third-order valence-electron chi connectivity index (χ3n) is 9.92. The lowest BCUT2D eigenvalue weighted by Gasteiger charge is -2.37. The molecule has 0 aliphatic carbocycles. The number of carbonyl (C=O) groups is 3. The molecule has 2 unspecified atom stereocenters. The highest BCUT2D eigenvalue weighted by Gasteiger charge is 2.79. The summed E-state index contributed by atoms with van der Waals surface area (Å²) in [6, 6.07) is 13.9. The van der Waals surface area contributed by atoms with E-state index in [-0.39, 0.29) is 37.4 Å². The average molecular weight is 634 g/mol. The molecule has 240 valence electrons. The predicted molar refractivity (Wildman–Crippen MR) is 177 cm³/mol. The molecule has 9 heteroatoms. The number of unbranched alkanes of at least 4 members (excludes halogenated alkanes) is 2. The molecule has 3 aliphatic heterocycles. The summed E-state index contributed by atoms with van der Waals surface area (Å²) in [7, 11) is 0. The quantitative estimate of drug-likeness (QED) is 0.213. The van der Waals surface area contributed by atoms with Gasteiger partial charge in [0.1, 0.15) is 11.6 Å². The number of rotatable bonds is 14. The highest BCUT2D eigenvalue weighted by atomic mass is 35.5. The summed E-state index contributed by atoms with van der Waals surface area (Å²) in [4.78, 5) is 49.2. The van der Waals surface area contributed by atoms with Gasteiger partial charge in [-0.05, 0) is 69.2 Å². The van der Waals surface area contributed by atoms with Crippen molar-refractivity contribution in [2.24, 2.45) is 11.8 Å². The van der Waals surface area contributed by atoms with Crippen LogP contribution in [0.25, 0.3) is 0 Å². The third-order valence-corrected chi connectivity index (χ3v) is 10.2. The van der Waals surface area contributed by atoms with Gasteiger partial charge in [-0.25, -0.2) is 0 Å². The number of benzene rings is 2. The first-order valence-corrected chi connectivity index (χ1v) is 16.3. The second-order valence-electron chi connectivity index (χ2n) is 12.4. The fourth-order valence-corrected chi connectivity index (χ4v) is 8.27. The second kappa shape index (κ2) is 13.5. The molecule has 3 heterocycles. The fraction of sp³-hybridized carbons (Fsp3) is 0.472. The van der Waals surface area contributed by atoms with E-state index >= 15 is 0 Å². The van der Waals surface area contributed by atoms with Crippen LogP contribution in [-0.4, -0.2) is 71.2 Å². The zero-order valence-corrected chi connectivity index (χ0v) is 27.0. The van der Waals surface area contributed by atoms with Crippen LogP contribution in [0, 0.1) is 18.8 Å². The number of aliphatic hydroxyl groups excluding tert-OH is 1. The topological polar surface area (TPSA) is 90.4 Å². The lowest BCUT2D eigenvalue weighted by molar-refractivity contribution is -0.146. The van der Waals surface area contributed by atoms with Gasteiger partial charge in [0.15, 0.2) is 0 Å². The summed E-state index contributed by atoms with van der Waals surface area (Å²) < 4.78 is 7.02. The van der Waals surface area contributed by atoms with Gasteiger partial charge in [-0.15, -0.1) is 13.2 Å². The smallest absolute Gasteiger partial charge is 0.253 e. The largest absolute Gasteiger partial charge is 0.396 e. The van der Waals surface area contributed by atoms with Crippen LogP contribution in [0.2, 0.25) is 5.02 Å². The van der Waals surface area contributed by atoms with Crippen LogP contribution in [0.15, 0.2) is 73.8 Å². The summed E-state index contributed by atoms with van der Waals surface area (Å²) >= 11 is 6.69. The lowest BCUT2D eigenvalue weighted by atomic mass is 9.64. The van der Waals surface area contributed by atoms with Crippen molar-refractivity contribution < 1.29 is 24.2 Å². The van der Waals surface area contributed by atoms with Crippen LogP contribution in [0.3, 0.4) is 0 Å². The Kier molecular flexibility index (Phi) is 9.87. The third kappa shape index (κ3) is 5.51. The molecular formula is C36H44ClN3O5. The van der Waals surface area contributed by atoms with Gasteiger partial charge < -0.3 is 24.5 Å². The summed E-state index contributed by atoms with van der Waals surface area (Å²) in [6.45, 7) is 12.5. The Bertz CT molecular complexity index is 1430. The molecule has 3 amide bonds. The van der Waals surface area contributed by atoms with Gasteiger partial charge in [-0.2, -0.15) is 0 Å². The van der Waals surface area contributed by atoms with Crippen LogP contribution < -0.4 is 9.80 Å². The number of likely N-dealkylation sites (tertiary alicyclic amines) is 1. The van der Waals surface area contributed by atoms with Crippen molar-refractivity contribution in [3.63, 3.8) is 0 Å². The van der Waals surface area contributed by atoms with Gasteiger partial charge in [0.25, 0.3) is 5.91 Å². The van der Waals surface area contributed by atoms with E-state index in [9.17, 15) is 19.5 Å². The zero-order valence-electron chi connectivity index (χ0n) is 26.3. The Morgan fingerprint density at radius 3 is 2.38 bits per heavy atom. The summed E-state index contributed by atoms with van der Waals surface area (Å²) in [5.41, 5.74) is 0.0608. The molecule has 1 spiro atoms. The van der Waals surface area contributed by atoms with E-state index in [1.165, 1.54) is 0 Å². The number of ether oxygens (including phenoxy) is 1. The van der Waals surface area contributed by atoms with Crippen molar-refractivity contribution in [1.29, 1.82) is 0 Å². The predicted octanol–water partition coefficient (Wildman–Crippen LogP) is 5.70. The molecule has 0 radical (unpaired) electrons. The van der Waals surface area contributed by atoms with Crippen molar-refractivity contribution in [2.45, 2.75) is 69.6 Å². The van der Waals surface area contributed by atoms with Crippen molar-refractivity contribution >= 4 is 40.7 Å². The maximum atomic E-state index is 14.9. The number of amides is 3. The van der Waals surface area contributed by atoms with E-state index in [1.54, 1.807) is 32.9 Å². The molecule has 5 atom stereocenters. The van der Waals surface area contributed by atoms with E-state index in [0.29, 0.717) is 55.8 Å². The Hall–Kier alpha value is -3.46. The normalized spacial score (nSPS) is 26.5. The van der Waals surface area contributed by atoms with Gasteiger partial charge in [0.05, 0.1) is 28.1 Å². The maximum absolute atomic E-state index is 14.9. The molecule has 0 aromatic heterocycles. The van der Waals surface area contributed by atoms with Crippen molar-refractivity contribution in [3.05, 3.63) is 84.4 Å². The van der Waals surface area contributed by atoms with Crippen molar-refractivity contribution in [3.8, 4) is 0 Å². The lowest BCUT2D eigenvalue weighted by Crippen LogP contribution is -2.57.